The summed E-state index contributed by atoms with van der Waals surface area (Å²) in [5.41, 5.74) is 2.31. The summed E-state index contributed by atoms with van der Waals surface area (Å²) in [5.74, 6) is -0.00280. The first kappa shape index (κ1) is 15.5. The minimum Gasteiger partial charge on any atom is -0.496 e. The van der Waals surface area contributed by atoms with Gasteiger partial charge in [0.1, 0.15) is 11.3 Å². The summed E-state index contributed by atoms with van der Waals surface area (Å²) in [4.78, 5) is 13.1. The molecule has 0 aliphatic rings. The predicted octanol–water partition coefficient (Wildman–Crippen LogP) is 2.61. The lowest BCUT2D eigenvalue weighted by Crippen LogP contribution is -2.47. The molecule has 0 aliphatic heterocycles. The molecule has 106 valence electrons. The van der Waals surface area contributed by atoms with Crippen molar-refractivity contribution in [2.24, 2.45) is 0 Å². The van der Waals surface area contributed by atoms with Crippen molar-refractivity contribution in [2.45, 2.75) is 39.8 Å². The molecule has 0 atom stereocenters. The smallest absolute Gasteiger partial charge is 0.323 e. The number of rotatable bonds is 5. The second-order valence-corrected chi connectivity index (χ2v) is 5.49. The van der Waals surface area contributed by atoms with Crippen LogP contribution in [-0.2, 0) is 11.3 Å². The van der Waals surface area contributed by atoms with Gasteiger partial charge in [-0.2, -0.15) is 0 Å². The molecule has 0 radical (unpaired) electrons. The third-order valence-electron chi connectivity index (χ3n) is 3.59. The van der Waals surface area contributed by atoms with Gasteiger partial charge in [-0.15, -0.1) is 0 Å². The summed E-state index contributed by atoms with van der Waals surface area (Å²) < 4.78 is 5.43. The van der Waals surface area contributed by atoms with E-state index in [0.717, 1.165) is 22.4 Å². The minimum absolute atomic E-state index is 0.533. The highest BCUT2D eigenvalue weighted by atomic mass is 16.5. The minimum atomic E-state index is -0.914. The molecule has 1 N–H and O–H groups in total. The van der Waals surface area contributed by atoms with E-state index in [1.165, 1.54) is 0 Å². The predicted molar refractivity (Wildman–Crippen MR) is 75.6 cm³/mol. The molecular formula is C15H23NO3. The molecule has 0 unspecified atom stereocenters. The summed E-state index contributed by atoms with van der Waals surface area (Å²) in [6.07, 6.45) is 0. The number of nitrogens with zero attached hydrogens (tertiary/aromatic N) is 1. The zero-order valence-electron chi connectivity index (χ0n) is 12.6. The lowest BCUT2D eigenvalue weighted by molar-refractivity contribution is -0.148. The van der Waals surface area contributed by atoms with Crippen LogP contribution in [0.1, 0.15) is 30.5 Å². The second-order valence-electron chi connectivity index (χ2n) is 5.49. The molecule has 0 saturated carbocycles. The van der Waals surface area contributed by atoms with Crippen molar-refractivity contribution in [3.8, 4) is 5.75 Å². The number of hydrogen-bond acceptors (Lipinski definition) is 3. The van der Waals surface area contributed by atoms with Crippen LogP contribution in [0.4, 0.5) is 0 Å². The van der Waals surface area contributed by atoms with Gasteiger partial charge in [-0.3, -0.25) is 9.69 Å². The lowest BCUT2D eigenvalue weighted by Gasteiger charge is -2.32. The Morgan fingerprint density at radius 1 is 1.37 bits per heavy atom. The second kappa shape index (κ2) is 5.61. The molecule has 0 bridgehead atoms. The van der Waals surface area contributed by atoms with Crippen LogP contribution in [0, 0.1) is 13.8 Å². The Morgan fingerprint density at radius 2 is 1.95 bits per heavy atom. The first-order valence-electron chi connectivity index (χ1n) is 6.29. The van der Waals surface area contributed by atoms with Gasteiger partial charge in [0, 0.05) is 12.1 Å². The van der Waals surface area contributed by atoms with Gasteiger partial charge in [0.2, 0.25) is 0 Å². The van der Waals surface area contributed by atoms with E-state index in [4.69, 9.17) is 4.74 Å². The molecule has 1 rings (SSSR count). The normalized spacial score (nSPS) is 11.7. The van der Waals surface area contributed by atoms with Crippen LogP contribution in [0.25, 0.3) is 0 Å². The molecule has 0 spiro atoms. The summed E-state index contributed by atoms with van der Waals surface area (Å²) in [5, 5.41) is 9.25. The molecule has 4 nitrogen and oxygen atoms in total. The number of methoxy groups -OCH3 is 1. The zero-order chi connectivity index (χ0) is 14.8. The van der Waals surface area contributed by atoms with E-state index in [1.807, 2.05) is 31.9 Å². The van der Waals surface area contributed by atoms with Gasteiger partial charge in [0.15, 0.2) is 0 Å². The first-order chi connectivity index (χ1) is 8.70. The fourth-order valence-corrected chi connectivity index (χ4v) is 2.07. The average Bonchev–Trinajstić information content (AvgIpc) is 2.27. The molecule has 1 aromatic rings. The standard InChI is InChI=1S/C15H23NO3/c1-10-7-11(2)13(19-6)12(8-10)9-16(5)15(3,4)14(17)18/h7-8H,9H2,1-6H3,(H,17,18). The Morgan fingerprint density at radius 3 is 2.42 bits per heavy atom. The Balaban J connectivity index is 3.09. The number of aryl methyl sites for hydroxylation is 2. The van der Waals surface area contributed by atoms with E-state index in [-0.39, 0.29) is 0 Å². The molecule has 0 heterocycles. The van der Waals surface area contributed by atoms with E-state index in [2.05, 4.69) is 6.07 Å². The van der Waals surface area contributed by atoms with Crippen molar-refractivity contribution in [1.82, 2.24) is 4.90 Å². The molecule has 4 heteroatoms. The van der Waals surface area contributed by atoms with Crippen molar-refractivity contribution < 1.29 is 14.6 Å². The quantitative estimate of drug-likeness (QED) is 0.889. The van der Waals surface area contributed by atoms with Gasteiger partial charge in [0.05, 0.1) is 7.11 Å². The zero-order valence-corrected chi connectivity index (χ0v) is 12.6. The van der Waals surface area contributed by atoms with E-state index in [0.29, 0.717) is 6.54 Å². The largest absolute Gasteiger partial charge is 0.496 e. The number of ether oxygens (including phenoxy) is 1. The topological polar surface area (TPSA) is 49.8 Å². The molecule has 0 aliphatic carbocycles. The number of benzene rings is 1. The van der Waals surface area contributed by atoms with Gasteiger partial charge in [-0.1, -0.05) is 17.7 Å². The number of carboxylic acids is 1. The van der Waals surface area contributed by atoms with Gasteiger partial charge >= 0.3 is 5.97 Å². The Kier molecular flexibility index (Phi) is 4.58. The number of carboxylic acid groups (broad SMARTS) is 1. The summed E-state index contributed by atoms with van der Waals surface area (Å²) in [6.45, 7) is 7.95. The van der Waals surface area contributed by atoms with E-state index >= 15 is 0 Å². The number of likely N-dealkylation sites (N-methyl/N-ethyl adjacent to an activating group) is 1. The summed E-state index contributed by atoms with van der Waals surface area (Å²) in [6, 6.07) is 4.10. The van der Waals surface area contributed by atoms with Gasteiger partial charge < -0.3 is 9.84 Å². The Labute approximate surface area is 115 Å². The third-order valence-corrected chi connectivity index (χ3v) is 3.59. The Hall–Kier alpha value is -1.55. The fraction of sp³-hybridized carbons (Fsp3) is 0.533. The molecular weight excluding hydrogens is 242 g/mol. The highest BCUT2D eigenvalue weighted by molar-refractivity contribution is 5.77. The SMILES string of the molecule is COc1c(C)cc(C)cc1CN(C)C(C)(C)C(=O)O. The van der Waals surface area contributed by atoms with Crippen LogP contribution in [0.2, 0.25) is 0 Å². The van der Waals surface area contributed by atoms with E-state index in [9.17, 15) is 9.90 Å². The van der Waals surface area contributed by atoms with Crippen LogP contribution in [-0.4, -0.2) is 35.7 Å². The number of hydrogen-bond donors (Lipinski definition) is 1. The molecule has 0 aromatic heterocycles. The highest BCUT2D eigenvalue weighted by Gasteiger charge is 2.32. The summed E-state index contributed by atoms with van der Waals surface area (Å²) in [7, 11) is 3.45. The maximum absolute atomic E-state index is 11.3. The van der Waals surface area contributed by atoms with Gasteiger partial charge in [0.25, 0.3) is 0 Å². The molecule has 1 aromatic carbocycles. The van der Waals surface area contributed by atoms with Gasteiger partial charge in [-0.25, -0.2) is 0 Å². The first-order valence-corrected chi connectivity index (χ1v) is 6.29. The van der Waals surface area contributed by atoms with Crippen LogP contribution in [0.3, 0.4) is 0 Å². The van der Waals surface area contributed by atoms with Crippen molar-refractivity contribution in [3.05, 3.63) is 28.8 Å². The number of carbonyl (C=O) groups is 1. The third kappa shape index (κ3) is 3.26. The fourth-order valence-electron chi connectivity index (χ4n) is 2.07. The maximum atomic E-state index is 11.3. The maximum Gasteiger partial charge on any atom is 0.323 e. The van der Waals surface area contributed by atoms with Crippen LogP contribution >= 0.6 is 0 Å². The van der Waals surface area contributed by atoms with E-state index in [1.54, 1.807) is 21.0 Å². The number of aliphatic carboxylic acids is 1. The van der Waals surface area contributed by atoms with Gasteiger partial charge in [-0.05, 0) is 40.3 Å². The van der Waals surface area contributed by atoms with Crippen molar-refractivity contribution in [3.63, 3.8) is 0 Å². The van der Waals surface area contributed by atoms with Crippen LogP contribution < -0.4 is 4.74 Å². The lowest BCUT2D eigenvalue weighted by atomic mass is 10.0. The molecule has 0 amide bonds. The molecule has 0 fully saturated rings. The molecule has 0 saturated heterocycles. The summed E-state index contributed by atoms with van der Waals surface area (Å²) >= 11 is 0. The van der Waals surface area contributed by atoms with Crippen molar-refractivity contribution in [1.29, 1.82) is 0 Å². The van der Waals surface area contributed by atoms with Crippen molar-refractivity contribution in [2.75, 3.05) is 14.2 Å². The van der Waals surface area contributed by atoms with Crippen molar-refractivity contribution >= 4 is 5.97 Å². The highest BCUT2D eigenvalue weighted by Crippen LogP contribution is 2.27. The van der Waals surface area contributed by atoms with Crippen LogP contribution in [0.5, 0.6) is 5.75 Å². The monoisotopic (exact) mass is 265 g/mol. The average molecular weight is 265 g/mol. The van der Waals surface area contributed by atoms with E-state index < -0.39 is 11.5 Å². The molecule has 19 heavy (non-hydrogen) atoms. The van der Waals surface area contributed by atoms with Crippen LogP contribution in [0.15, 0.2) is 12.1 Å². The Bertz CT molecular complexity index is 481.